The molecule has 0 amide bonds. The minimum Gasteiger partial charge on any atom is -0.172 e. The maximum absolute atomic E-state index is 4.75. The van der Waals surface area contributed by atoms with E-state index < -0.39 is 0 Å². The molecule has 0 bridgehead atoms. The Balaban J connectivity index is 1.56. The molecule has 0 saturated carbocycles. The Morgan fingerprint density at radius 2 is 0.697 bits per heavy atom. The van der Waals surface area contributed by atoms with Crippen LogP contribution in [0.1, 0.15) is 0 Å². The van der Waals surface area contributed by atoms with Gasteiger partial charge in [-0.05, 0) is 33.4 Å². The second-order valence-electron chi connectivity index (χ2n) is 7.95. The lowest BCUT2D eigenvalue weighted by Gasteiger charge is -2.14. The van der Waals surface area contributed by atoms with Gasteiger partial charge in [0, 0.05) is 11.1 Å². The molecule has 0 aliphatic rings. The minimum atomic E-state index is 0.948. The highest BCUT2D eigenvalue weighted by Gasteiger charge is 2.17. The van der Waals surface area contributed by atoms with E-state index in [4.69, 9.17) is 8.75 Å². The molecule has 0 radical (unpaired) electrons. The van der Waals surface area contributed by atoms with Crippen LogP contribution in [0.25, 0.3) is 55.5 Å². The van der Waals surface area contributed by atoms with Crippen molar-refractivity contribution in [2.75, 3.05) is 0 Å². The van der Waals surface area contributed by atoms with Crippen molar-refractivity contribution in [1.82, 2.24) is 8.75 Å². The van der Waals surface area contributed by atoms with Gasteiger partial charge in [-0.1, -0.05) is 121 Å². The monoisotopic (exact) mass is 440 g/mol. The van der Waals surface area contributed by atoms with Crippen LogP contribution in [0.15, 0.2) is 121 Å². The smallest absolute Gasteiger partial charge is 0.113 e. The molecule has 0 spiro atoms. The van der Waals surface area contributed by atoms with E-state index in [2.05, 4.69) is 109 Å². The molecule has 0 N–H and O–H groups in total. The van der Waals surface area contributed by atoms with Gasteiger partial charge in [0.25, 0.3) is 0 Å². The Labute approximate surface area is 197 Å². The van der Waals surface area contributed by atoms with Crippen molar-refractivity contribution in [1.29, 1.82) is 0 Å². The fourth-order valence-electron chi connectivity index (χ4n) is 4.48. The highest BCUT2D eigenvalue weighted by atomic mass is 32.1. The lowest BCUT2D eigenvalue weighted by atomic mass is 9.90. The van der Waals surface area contributed by atoms with E-state index in [0.717, 1.165) is 22.2 Å². The van der Waals surface area contributed by atoms with Crippen LogP contribution >= 0.6 is 11.7 Å². The number of hydrogen-bond donors (Lipinski definition) is 0. The average molecular weight is 441 g/mol. The molecule has 2 nitrogen and oxygen atoms in total. The molecule has 0 aliphatic heterocycles. The van der Waals surface area contributed by atoms with Gasteiger partial charge in [0.05, 0.1) is 11.7 Å². The summed E-state index contributed by atoms with van der Waals surface area (Å²) in [5, 5.41) is 0. The highest BCUT2D eigenvalue weighted by Crippen LogP contribution is 2.41. The van der Waals surface area contributed by atoms with Crippen LogP contribution in [-0.2, 0) is 0 Å². The van der Waals surface area contributed by atoms with E-state index in [-0.39, 0.29) is 0 Å². The van der Waals surface area contributed by atoms with Crippen molar-refractivity contribution < 1.29 is 0 Å². The molecular formula is C30H20N2S. The van der Waals surface area contributed by atoms with Gasteiger partial charge in [-0.2, -0.15) is 8.75 Å². The number of rotatable bonds is 4. The van der Waals surface area contributed by atoms with Crippen LogP contribution < -0.4 is 0 Å². The molecular weight excluding hydrogens is 420 g/mol. The quantitative estimate of drug-likeness (QED) is 0.275. The topological polar surface area (TPSA) is 25.8 Å². The summed E-state index contributed by atoms with van der Waals surface area (Å²) in [5.41, 5.74) is 11.2. The number of benzene rings is 5. The van der Waals surface area contributed by atoms with Crippen molar-refractivity contribution >= 4 is 22.8 Å². The van der Waals surface area contributed by atoms with E-state index in [9.17, 15) is 0 Å². The largest absolute Gasteiger partial charge is 0.172 e. The fraction of sp³-hybridized carbons (Fsp3) is 0. The molecule has 33 heavy (non-hydrogen) atoms. The zero-order valence-corrected chi connectivity index (χ0v) is 18.7. The molecule has 5 aromatic carbocycles. The Morgan fingerprint density at radius 1 is 0.333 bits per heavy atom. The first-order valence-corrected chi connectivity index (χ1v) is 11.7. The number of hydrogen-bond acceptors (Lipinski definition) is 3. The first kappa shape index (κ1) is 19.6. The van der Waals surface area contributed by atoms with Crippen LogP contribution in [0.2, 0.25) is 0 Å². The molecule has 0 atom stereocenters. The molecule has 3 heteroatoms. The second kappa shape index (κ2) is 8.45. The molecule has 0 unspecified atom stereocenters. The van der Waals surface area contributed by atoms with Crippen LogP contribution in [-0.4, -0.2) is 8.75 Å². The van der Waals surface area contributed by atoms with Crippen LogP contribution in [0.3, 0.4) is 0 Å². The SMILES string of the molecule is c1ccc(-c2ccccc2-c2ccc(-c3ccccc3-c3ccccc3)c3nsnc23)cc1. The summed E-state index contributed by atoms with van der Waals surface area (Å²) in [5.74, 6) is 0. The summed E-state index contributed by atoms with van der Waals surface area (Å²) in [6.07, 6.45) is 0. The van der Waals surface area contributed by atoms with E-state index in [1.54, 1.807) is 0 Å². The molecule has 1 aromatic heterocycles. The Bertz CT molecular complexity index is 1440. The third-order valence-electron chi connectivity index (χ3n) is 6.02. The van der Waals surface area contributed by atoms with Gasteiger partial charge in [-0.3, -0.25) is 0 Å². The highest BCUT2D eigenvalue weighted by molar-refractivity contribution is 7.00. The Morgan fingerprint density at radius 3 is 1.12 bits per heavy atom. The molecule has 0 saturated heterocycles. The standard InChI is InChI=1S/C30H20N2S/c1-3-11-21(12-4-1)23-15-7-9-17-25(23)27-19-20-28(30-29(27)31-33-32-30)26-18-10-8-16-24(26)22-13-5-2-6-14-22/h1-20H. The van der Waals surface area contributed by atoms with E-state index in [1.165, 1.54) is 45.1 Å². The molecule has 6 rings (SSSR count). The summed E-state index contributed by atoms with van der Waals surface area (Å²) in [7, 11) is 0. The number of fused-ring (bicyclic) bond motifs is 1. The summed E-state index contributed by atoms with van der Waals surface area (Å²) >= 11 is 1.27. The van der Waals surface area contributed by atoms with Gasteiger partial charge in [-0.15, -0.1) is 0 Å². The lowest BCUT2D eigenvalue weighted by molar-refractivity contribution is 1.55. The summed E-state index contributed by atoms with van der Waals surface area (Å²) in [4.78, 5) is 0. The molecule has 0 fully saturated rings. The molecule has 1 heterocycles. The Hall–Kier alpha value is -4.08. The lowest BCUT2D eigenvalue weighted by Crippen LogP contribution is -1.90. The van der Waals surface area contributed by atoms with Gasteiger partial charge in [-0.25, -0.2) is 0 Å². The van der Waals surface area contributed by atoms with Crippen LogP contribution in [0.5, 0.6) is 0 Å². The van der Waals surface area contributed by atoms with Crippen molar-refractivity contribution in [3.8, 4) is 44.5 Å². The average Bonchev–Trinajstić information content (AvgIpc) is 3.40. The zero-order valence-electron chi connectivity index (χ0n) is 17.8. The van der Waals surface area contributed by atoms with Crippen molar-refractivity contribution in [2.24, 2.45) is 0 Å². The zero-order chi connectivity index (χ0) is 22.0. The van der Waals surface area contributed by atoms with Crippen molar-refractivity contribution in [3.05, 3.63) is 121 Å². The normalized spacial score (nSPS) is 11.0. The van der Waals surface area contributed by atoms with Crippen molar-refractivity contribution in [2.45, 2.75) is 0 Å². The molecule has 0 aliphatic carbocycles. The minimum absolute atomic E-state index is 0.948. The third-order valence-corrected chi connectivity index (χ3v) is 6.55. The van der Waals surface area contributed by atoms with E-state index in [0.29, 0.717) is 0 Å². The maximum atomic E-state index is 4.75. The Kier molecular flexibility index (Phi) is 5.02. The van der Waals surface area contributed by atoms with Gasteiger partial charge in [0.15, 0.2) is 0 Å². The van der Waals surface area contributed by atoms with E-state index >= 15 is 0 Å². The predicted molar refractivity (Wildman–Crippen MR) is 139 cm³/mol. The van der Waals surface area contributed by atoms with E-state index in [1.807, 2.05) is 12.1 Å². The van der Waals surface area contributed by atoms with Gasteiger partial charge >= 0.3 is 0 Å². The van der Waals surface area contributed by atoms with Gasteiger partial charge in [0.2, 0.25) is 0 Å². The summed E-state index contributed by atoms with van der Waals surface area (Å²) in [6.45, 7) is 0. The van der Waals surface area contributed by atoms with Crippen molar-refractivity contribution in [3.63, 3.8) is 0 Å². The van der Waals surface area contributed by atoms with Gasteiger partial charge in [0.1, 0.15) is 11.0 Å². The van der Waals surface area contributed by atoms with Gasteiger partial charge < -0.3 is 0 Å². The molecule has 6 aromatic rings. The third kappa shape index (κ3) is 3.53. The number of aromatic nitrogens is 2. The summed E-state index contributed by atoms with van der Waals surface area (Å²) in [6, 6.07) is 42.5. The first-order valence-electron chi connectivity index (χ1n) is 10.9. The predicted octanol–water partition coefficient (Wildman–Crippen LogP) is 8.36. The second-order valence-corrected chi connectivity index (χ2v) is 8.47. The maximum Gasteiger partial charge on any atom is 0.113 e. The summed E-state index contributed by atoms with van der Waals surface area (Å²) < 4.78 is 9.50. The van der Waals surface area contributed by atoms with Crippen LogP contribution in [0.4, 0.5) is 0 Å². The first-order chi connectivity index (χ1) is 16.4. The number of nitrogens with zero attached hydrogens (tertiary/aromatic N) is 2. The fourth-order valence-corrected chi connectivity index (χ4v) is 5.05. The molecule has 156 valence electrons. The van der Waals surface area contributed by atoms with Crippen LogP contribution in [0, 0.1) is 0 Å².